The molecule has 0 radical (unpaired) electrons. The number of amides is 1. The van der Waals surface area contributed by atoms with Crippen LogP contribution in [-0.4, -0.2) is 72.5 Å². The van der Waals surface area contributed by atoms with Crippen LogP contribution in [-0.2, 0) is 4.79 Å². The lowest BCUT2D eigenvalue weighted by atomic mass is 9.92. The number of rotatable bonds is 2. The summed E-state index contributed by atoms with van der Waals surface area (Å²) in [4.78, 5) is 19.5. The van der Waals surface area contributed by atoms with Crippen LogP contribution < -0.4 is 0 Å². The molecule has 2 aliphatic heterocycles. The van der Waals surface area contributed by atoms with Crippen LogP contribution in [0.2, 0.25) is 0 Å². The standard InChI is InChI=1S/C16H31N3O/c1-16(2,3)19-10-6-13(7-11-19)15(20)18-9-8-14(12-18)17(4)5/h13-14H,6-12H2,1-5H3. The predicted octanol–water partition coefficient (Wildman–Crippen LogP) is 1.66. The van der Waals surface area contributed by atoms with Gasteiger partial charge in [-0.2, -0.15) is 0 Å². The summed E-state index contributed by atoms with van der Waals surface area (Å²) in [6, 6.07) is 0.550. The van der Waals surface area contributed by atoms with Gasteiger partial charge in [-0.3, -0.25) is 9.69 Å². The van der Waals surface area contributed by atoms with Gasteiger partial charge in [-0.05, 0) is 67.2 Å². The predicted molar refractivity (Wildman–Crippen MR) is 82.7 cm³/mol. The van der Waals surface area contributed by atoms with Crippen molar-refractivity contribution in [3.05, 3.63) is 0 Å². The minimum absolute atomic E-state index is 0.234. The van der Waals surface area contributed by atoms with E-state index in [1.165, 1.54) is 0 Å². The first-order valence-corrected chi connectivity index (χ1v) is 7.99. The summed E-state index contributed by atoms with van der Waals surface area (Å²) in [6.45, 7) is 10.8. The van der Waals surface area contributed by atoms with Crippen molar-refractivity contribution < 1.29 is 4.79 Å². The highest BCUT2D eigenvalue weighted by atomic mass is 16.2. The minimum Gasteiger partial charge on any atom is -0.341 e. The third-order valence-corrected chi connectivity index (χ3v) is 5.00. The Labute approximate surface area is 124 Å². The first-order valence-electron chi connectivity index (χ1n) is 7.99. The van der Waals surface area contributed by atoms with Crippen LogP contribution in [0.5, 0.6) is 0 Å². The lowest BCUT2D eigenvalue weighted by Gasteiger charge is -2.41. The van der Waals surface area contributed by atoms with Crippen LogP contribution in [0.1, 0.15) is 40.0 Å². The van der Waals surface area contributed by atoms with Crippen molar-refractivity contribution in [1.82, 2.24) is 14.7 Å². The zero-order valence-electron chi connectivity index (χ0n) is 13.9. The maximum Gasteiger partial charge on any atom is 0.225 e. The Morgan fingerprint density at radius 1 is 1.05 bits per heavy atom. The average Bonchev–Trinajstić information content (AvgIpc) is 2.86. The Hall–Kier alpha value is -0.610. The maximum atomic E-state index is 12.6. The highest BCUT2D eigenvalue weighted by Crippen LogP contribution is 2.26. The van der Waals surface area contributed by atoms with Gasteiger partial charge in [0.05, 0.1) is 0 Å². The molecule has 4 nitrogen and oxygen atoms in total. The van der Waals surface area contributed by atoms with Crippen molar-refractivity contribution in [2.75, 3.05) is 40.3 Å². The third-order valence-electron chi connectivity index (χ3n) is 5.00. The van der Waals surface area contributed by atoms with Gasteiger partial charge in [0.15, 0.2) is 0 Å². The summed E-state index contributed by atoms with van der Waals surface area (Å²) in [7, 11) is 4.22. The van der Waals surface area contributed by atoms with E-state index in [0.29, 0.717) is 11.9 Å². The van der Waals surface area contributed by atoms with Crippen LogP contribution in [0.15, 0.2) is 0 Å². The van der Waals surface area contributed by atoms with Crippen molar-refractivity contribution in [3.8, 4) is 0 Å². The maximum absolute atomic E-state index is 12.6. The van der Waals surface area contributed by atoms with Gasteiger partial charge in [0.1, 0.15) is 0 Å². The van der Waals surface area contributed by atoms with Gasteiger partial charge in [0, 0.05) is 30.6 Å². The Balaban J connectivity index is 1.84. The van der Waals surface area contributed by atoms with E-state index >= 15 is 0 Å². The van der Waals surface area contributed by atoms with Gasteiger partial charge < -0.3 is 9.80 Å². The van der Waals surface area contributed by atoms with Gasteiger partial charge in [0.2, 0.25) is 5.91 Å². The molecular weight excluding hydrogens is 250 g/mol. The normalized spacial score (nSPS) is 26.5. The fourth-order valence-corrected chi connectivity index (χ4v) is 3.42. The van der Waals surface area contributed by atoms with Crippen molar-refractivity contribution in [2.45, 2.75) is 51.6 Å². The molecule has 20 heavy (non-hydrogen) atoms. The number of hydrogen-bond donors (Lipinski definition) is 0. The molecule has 2 aliphatic rings. The third kappa shape index (κ3) is 3.53. The molecule has 0 aromatic carbocycles. The Morgan fingerprint density at radius 3 is 2.10 bits per heavy atom. The molecule has 0 saturated carbocycles. The molecular formula is C16H31N3O. The lowest BCUT2D eigenvalue weighted by molar-refractivity contribution is -0.136. The van der Waals surface area contributed by atoms with Crippen LogP contribution in [0.3, 0.4) is 0 Å². The van der Waals surface area contributed by atoms with Crippen molar-refractivity contribution >= 4 is 5.91 Å². The second kappa shape index (κ2) is 6.02. The Bertz CT molecular complexity index is 340. The van der Waals surface area contributed by atoms with E-state index in [0.717, 1.165) is 45.4 Å². The van der Waals surface area contributed by atoms with Gasteiger partial charge in [0.25, 0.3) is 0 Å². The molecule has 0 aliphatic carbocycles. The van der Waals surface area contributed by atoms with Crippen molar-refractivity contribution in [3.63, 3.8) is 0 Å². The molecule has 2 saturated heterocycles. The first-order chi connectivity index (χ1) is 9.29. The molecule has 4 heteroatoms. The minimum atomic E-state index is 0.234. The number of carbonyl (C=O) groups is 1. The van der Waals surface area contributed by atoms with Crippen LogP contribution in [0.4, 0.5) is 0 Å². The quantitative estimate of drug-likeness (QED) is 0.770. The number of carbonyl (C=O) groups excluding carboxylic acids is 1. The van der Waals surface area contributed by atoms with Gasteiger partial charge in [-0.1, -0.05) is 0 Å². The topological polar surface area (TPSA) is 26.8 Å². The molecule has 1 amide bonds. The van der Waals surface area contributed by atoms with E-state index in [9.17, 15) is 4.79 Å². The molecule has 2 rings (SSSR count). The van der Waals surface area contributed by atoms with Gasteiger partial charge >= 0.3 is 0 Å². The molecule has 1 atom stereocenters. The van der Waals surface area contributed by atoms with Crippen molar-refractivity contribution in [1.29, 1.82) is 0 Å². The molecule has 0 aromatic heterocycles. The first kappa shape index (κ1) is 15.8. The number of likely N-dealkylation sites (tertiary alicyclic amines) is 2. The van der Waals surface area contributed by atoms with E-state index in [-0.39, 0.29) is 11.5 Å². The average molecular weight is 281 g/mol. The molecule has 0 aromatic rings. The number of piperidine rings is 1. The Morgan fingerprint density at radius 2 is 1.65 bits per heavy atom. The number of nitrogens with zero attached hydrogens (tertiary/aromatic N) is 3. The molecule has 0 N–H and O–H groups in total. The smallest absolute Gasteiger partial charge is 0.225 e. The fourth-order valence-electron chi connectivity index (χ4n) is 3.42. The zero-order chi connectivity index (χ0) is 14.9. The van der Waals surface area contributed by atoms with E-state index < -0.39 is 0 Å². The monoisotopic (exact) mass is 281 g/mol. The van der Waals surface area contributed by atoms with Crippen LogP contribution in [0.25, 0.3) is 0 Å². The highest BCUT2D eigenvalue weighted by Gasteiger charge is 2.35. The molecule has 116 valence electrons. The summed E-state index contributed by atoms with van der Waals surface area (Å²) in [5.41, 5.74) is 0.234. The number of hydrogen-bond acceptors (Lipinski definition) is 3. The SMILES string of the molecule is CN(C)C1CCN(C(=O)C2CCN(C(C)(C)C)CC2)C1. The van der Waals surface area contributed by atoms with E-state index in [2.05, 4.69) is 49.6 Å². The van der Waals surface area contributed by atoms with Gasteiger partial charge in [-0.15, -0.1) is 0 Å². The van der Waals surface area contributed by atoms with Gasteiger partial charge in [-0.25, -0.2) is 0 Å². The summed E-state index contributed by atoms with van der Waals surface area (Å²) < 4.78 is 0. The molecule has 2 fully saturated rings. The number of likely N-dealkylation sites (N-methyl/N-ethyl adjacent to an activating group) is 1. The molecule has 2 heterocycles. The summed E-state index contributed by atoms with van der Waals surface area (Å²) in [5, 5.41) is 0. The molecule has 0 spiro atoms. The largest absolute Gasteiger partial charge is 0.341 e. The van der Waals surface area contributed by atoms with E-state index in [1.807, 2.05) is 0 Å². The lowest BCUT2D eigenvalue weighted by Crippen LogP contribution is -2.49. The summed E-state index contributed by atoms with van der Waals surface area (Å²) in [5.74, 6) is 0.664. The summed E-state index contributed by atoms with van der Waals surface area (Å²) >= 11 is 0. The molecule has 0 bridgehead atoms. The zero-order valence-corrected chi connectivity index (χ0v) is 13.9. The van der Waals surface area contributed by atoms with Crippen LogP contribution in [0, 0.1) is 5.92 Å². The second-order valence-corrected chi connectivity index (χ2v) is 7.62. The second-order valence-electron chi connectivity index (χ2n) is 7.62. The van der Waals surface area contributed by atoms with E-state index in [4.69, 9.17) is 0 Å². The fraction of sp³-hybridized carbons (Fsp3) is 0.938. The molecule has 1 unspecified atom stereocenters. The summed E-state index contributed by atoms with van der Waals surface area (Å²) in [6.07, 6.45) is 3.18. The Kier molecular flexibility index (Phi) is 4.75. The highest BCUT2D eigenvalue weighted by molar-refractivity contribution is 5.79. The van der Waals surface area contributed by atoms with E-state index in [1.54, 1.807) is 0 Å². The van der Waals surface area contributed by atoms with Crippen molar-refractivity contribution in [2.24, 2.45) is 5.92 Å². The van der Waals surface area contributed by atoms with Crippen LogP contribution >= 0.6 is 0 Å².